The second-order valence-electron chi connectivity index (χ2n) is 3.97. The number of sulfone groups is 1. The van der Waals surface area contributed by atoms with E-state index in [1.54, 1.807) is 31.2 Å². The number of hydrogen-bond donors (Lipinski definition) is 1. The maximum Gasteiger partial charge on any atom is 0.178 e. The highest BCUT2D eigenvalue weighted by molar-refractivity contribution is 7.91. The van der Waals surface area contributed by atoms with Crippen molar-refractivity contribution in [1.82, 2.24) is 5.32 Å². The molecule has 0 bridgehead atoms. The van der Waals surface area contributed by atoms with Gasteiger partial charge in [-0.15, -0.1) is 0 Å². The van der Waals surface area contributed by atoms with Crippen LogP contribution in [0.4, 0.5) is 0 Å². The summed E-state index contributed by atoms with van der Waals surface area (Å²) in [5, 5.41) is 3.23. The number of hydrogen-bond acceptors (Lipinski definition) is 4. The van der Waals surface area contributed by atoms with Crippen molar-refractivity contribution in [2.24, 2.45) is 0 Å². The summed E-state index contributed by atoms with van der Waals surface area (Å²) >= 11 is 0. The minimum absolute atomic E-state index is 0.119. The van der Waals surface area contributed by atoms with E-state index in [-0.39, 0.29) is 5.75 Å². The Balaban J connectivity index is 2.46. The van der Waals surface area contributed by atoms with Crippen molar-refractivity contribution in [3.8, 4) is 5.75 Å². The molecule has 18 heavy (non-hydrogen) atoms. The van der Waals surface area contributed by atoms with Crippen molar-refractivity contribution >= 4 is 9.84 Å². The van der Waals surface area contributed by atoms with Crippen molar-refractivity contribution in [2.75, 3.05) is 25.4 Å². The van der Waals surface area contributed by atoms with Gasteiger partial charge in [-0.25, -0.2) is 8.42 Å². The van der Waals surface area contributed by atoms with Gasteiger partial charge < -0.3 is 10.1 Å². The highest BCUT2D eigenvalue weighted by Gasteiger charge is 2.10. The molecule has 1 aromatic carbocycles. The van der Waals surface area contributed by atoms with Crippen molar-refractivity contribution in [3.05, 3.63) is 24.3 Å². The minimum atomic E-state index is -3.12. The first-order chi connectivity index (χ1) is 8.60. The molecule has 0 saturated heterocycles. The summed E-state index contributed by atoms with van der Waals surface area (Å²) in [7, 11) is -3.12. The van der Waals surface area contributed by atoms with Crippen LogP contribution in [0.15, 0.2) is 29.2 Å². The van der Waals surface area contributed by atoms with Gasteiger partial charge >= 0.3 is 0 Å². The molecule has 0 aromatic heterocycles. The standard InChI is InChI=1S/C13H21NO3S/c1-3-9-14-10-11-17-12-5-7-13(8-6-12)18(15,16)4-2/h5-8,14H,3-4,9-11H2,1-2H3. The third-order valence-electron chi connectivity index (χ3n) is 2.54. The van der Waals surface area contributed by atoms with E-state index in [2.05, 4.69) is 12.2 Å². The van der Waals surface area contributed by atoms with Gasteiger partial charge in [-0.2, -0.15) is 0 Å². The third-order valence-corrected chi connectivity index (χ3v) is 4.29. The van der Waals surface area contributed by atoms with Gasteiger partial charge in [0.25, 0.3) is 0 Å². The number of ether oxygens (including phenoxy) is 1. The average molecular weight is 271 g/mol. The van der Waals surface area contributed by atoms with E-state index < -0.39 is 9.84 Å². The zero-order chi connectivity index (χ0) is 13.4. The summed E-state index contributed by atoms with van der Waals surface area (Å²) in [5.74, 6) is 0.817. The Labute approximate surface area is 109 Å². The quantitative estimate of drug-likeness (QED) is 0.733. The highest BCUT2D eigenvalue weighted by atomic mass is 32.2. The van der Waals surface area contributed by atoms with E-state index in [0.29, 0.717) is 17.3 Å². The molecule has 0 atom stereocenters. The van der Waals surface area contributed by atoms with Gasteiger partial charge in [0.15, 0.2) is 9.84 Å². The zero-order valence-electron chi connectivity index (χ0n) is 11.0. The predicted molar refractivity (Wildman–Crippen MR) is 72.8 cm³/mol. The van der Waals surface area contributed by atoms with Gasteiger partial charge in [-0.1, -0.05) is 13.8 Å². The molecule has 1 aromatic rings. The summed E-state index contributed by atoms with van der Waals surface area (Å²) < 4.78 is 28.7. The molecule has 0 spiro atoms. The second-order valence-corrected chi connectivity index (χ2v) is 6.25. The van der Waals surface area contributed by atoms with Crippen LogP contribution >= 0.6 is 0 Å². The molecule has 0 aliphatic heterocycles. The molecule has 0 unspecified atom stereocenters. The lowest BCUT2D eigenvalue weighted by molar-refractivity contribution is 0.314. The largest absolute Gasteiger partial charge is 0.492 e. The fraction of sp³-hybridized carbons (Fsp3) is 0.538. The van der Waals surface area contributed by atoms with Gasteiger partial charge in [-0.05, 0) is 37.2 Å². The smallest absolute Gasteiger partial charge is 0.178 e. The van der Waals surface area contributed by atoms with Crippen LogP contribution in [0.1, 0.15) is 20.3 Å². The number of nitrogens with one attached hydrogen (secondary N) is 1. The Morgan fingerprint density at radius 2 is 1.78 bits per heavy atom. The summed E-state index contributed by atoms with van der Waals surface area (Å²) in [4.78, 5) is 0.349. The van der Waals surface area contributed by atoms with Crippen LogP contribution in [0, 0.1) is 0 Å². The van der Waals surface area contributed by atoms with Gasteiger partial charge in [0.2, 0.25) is 0 Å². The molecule has 5 heteroatoms. The van der Waals surface area contributed by atoms with Gasteiger partial charge in [0.05, 0.1) is 10.6 Å². The predicted octanol–water partition coefficient (Wildman–Crippen LogP) is 1.86. The third kappa shape index (κ3) is 4.66. The second kappa shape index (κ2) is 7.38. The van der Waals surface area contributed by atoms with Gasteiger partial charge in [-0.3, -0.25) is 0 Å². The monoisotopic (exact) mass is 271 g/mol. The average Bonchev–Trinajstić information content (AvgIpc) is 2.39. The summed E-state index contributed by atoms with van der Waals surface area (Å²) in [6, 6.07) is 6.58. The SMILES string of the molecule is CCCNCCOc1ccc(S(=O)(=O)CC)cc1. The molecular weight excluding hydrogens is 250 g/mol. The molecule has 1 rings (SSSR count). The first-order valence-corrected chi connectivity index (χ1v) is 7.91. The van der Waals surface area contributed by atoms with E-state index in [1.165, 1.54) is 0 Å². The summed E-state index contributed by atoms with van der Waals surface area (Å²) in [6.07, 6.45) is 1.10. The zero-order valence-corrected chi connectivity index (χ0v) is 11.8. The lowest BCUT2D eigenvalue weighted by Crippen LogP contribution is -2.21. The molecule has 0 aliphatic carbocycles. The Morgan fingerprint density at radius 1 is 1.11 bits per heavy atom. The van der Waals surface area contributed by atoms with Gasteiger partial charge in [0, 0.05) is 6.54 Å². The van der Waals surface area contributed by atoms with Crippen LogP contribution in [0.3, 0.4) is 0 Å². The highest BCUT2D eigenvalue weighted by Crippen LogP contribution is 2.16. The molecule has 0 saturated carbocycles. The lowest BCUT2D eigenvalue weighted by Gasteiger charge is -2.07. The first-order valence-electron chi connectivity index (χ1n) is 6.26. The van der Waals surface area contributed by atoms with E-state index in [0.717, 1.165) is 19.5 Å². The van der Waals surface area contributed by atoms with E-state index in [1.807, 2.05) is 0 Å². The van der Waals surface area contributed by atoms with E-state index >= 15 is 0 Å². The summed E-state index contributed by atoms with van der Waals surface area (Å²) in [5.41, 5.74) is 0. The maximum atomic E-state index is 11.6. The van der Waals surface area contributed by atoms with Crippen molar-refractivity contribution in [3.63, 3.8) is 0 Å². The van der Waals surface area contributed by atoms with Crippen molar-refractivity contribution in [2.45, 2.75) is 25.2 Å². The van der Waals surface area contributed by atoms with Crippen LogP contribution in [-0.2, 0) is 9.84 Å². The number of benzene rings is 1. The summed E-state index contributed by atoms with van der Waals surface area (Å²) in [6.45, 7) is 6.11. The molecule has 1 N–H and O–H groups in total. The molecule has 4 nitrogen and oxygen atoms in total. The molecule has 0 heterocycles. The maximum absolute atomic E-state index is 11.6. The Kier molecular flexibility index (Phi) is 6.15. The minimum Gasteiger partial charge on any atom is -0.492 e. The van der Waals surface area contributed by atoms with Crippen molar-refractivity contribution in [1.29, 1.82) is 0 Å². The normalized spacial score (nSPS) is 11.4. The first kappa shape index (κ1) is 15.0. The molecular formula is C13H21NO3S. The van der Waals surface area contributed by atoms with Crippen LogP contribution in [0.5, 0.6) is 5.75 Å². The topological polar surface area (TPSA) is 55.4 Å². The molecule has 0 radical (unpaired) electrons. The van der Waals surface area contributed by atoms with Crippen LogP contribution in [0.25, 0.3) is 0 Å². The van der Waals surface area contributed by atoms with Gasteiger partial charge in [0.1, 0.15) is 12.4 Å². The Bertz CT molecular complexity index is 440. The molecule has 0 fully saturated rings. The van der Waals surface area contributed by atoms with Crippen LogP contribution in [0.2, 0.25) is 0 Å². The fourth-order valence-electron chi connectivity index (χ4n) is 1.45. The van der Waals surface area contributed by atoms with E-state index in [9.17, 15) is 8.42 Å². The molecule has 102 valence electrons. The van der Waals surface area contributed by atoms with Crippen LogP contribution < -0.4 is 10.1 Å². The lowest BCUT2D eigenvalue weighted by atomic mass is 10.3. The number of rotatable bonds is 8. The van der Waals surface area contributed by atoms with Crippen molar-refractivity contribution < 1.29 is 13.2 Å². The van der Waals surface area contributed by atoms with Crippen LogP contribution in [-0.4, -0.2) is 33.9 Å². The van der Waals surface area contributed by atoms with E-state index in [4.69, 9.17) is 4.74 Å². The molecule has 0 aliphatic rings. The fourth-order valence-corrected chi connectivity index (χ4v) is 2.34. The Hall–Kier alpha value is -1.07. The Morgan fingerprint density at radius 3 is 2.33 bits per heavy atom. The molecule has 0 amide bonds.